The van der Waals surface area contributed by atoms with Crippen LogP contribution in [-0.4, -0.2) is 44.6 Å². The maximum absolute atomic E-state index is 12.9. The SMILES string of the molecule is COC(=O)c1ccc(C(=O)OC)c(NC(=O)COC(=O)C23CC4CC(CC(C4)C2)C3)c1. The minimum absolute atomic E-state index is 0.0795. The summed E-state index contributed by atoms with van der Waals surface area (Å²) < 4.78 is 14.8. The summed E-state index contributed by atoms with van der Waals surface area (Å²) in [5.74, 6) is -0.384. The Kier molecular flexibility index (Phi) is 5.73. The molecular weight excluding hydrogens is 402 g/mol. The van der Waals surface area contributed by atoms with Crippen molar-refractivity contribution in [1.82, 2.24) is 0 Å². The van der Waals surface area contributed by atoms with Crippen LogP contribution in [0.15, 0.2) is 18.2 Å². The second-order valence-corrected chi connectivity index (χ2v) is 9.07. The molecule has 8 heteroatoms. The zero-order valence-corrected chi connectivity index (χ0v) is 17.8. The Morgan fingerprint density at radius 3 is 2.06 bits per heavy atom. The number of amides is 1. The highest BCUT2D eigenvalue weighted by atomic mass is 16.5. The third-order valence-corrected chi connectivity index (χ3v) is 6.93. The van der Waals surface area contributed by atoms with Gasteiger partial charge in [-0.2, -0.15) is 0 Å². The molecule has 0 saturated heterocycles. The standard InChI is InChI=1S/C23H27NO7/c1-29-20(26)16-3-4-17(21(27)30-2)18(8-16)24-19(25)12-31-22(28)23-9-13-5-14(10-23)7-15(6-13)11-23/h3-4,8,13-15H,5-7,9-12H2,1-2H3,(H,24,25). The van der Waals surface area contributed by atoms with Crippen molar-refractivity contribution in [1.29, 1.82) is 0 Å². The topological polar surface area (TPSA) is 108 Å². The third-order valence-electron chi connectivity index (χ3n) is 6.93. The molecule has 1 N–H and O–H groups in total. The molecule has 166 valence electrons. The van der Waals surface area contributed by atoms with Crippen LogP contribution in [0.2, 0.25) is 0 Å². The monoisotopic (exact) mass is 429 g/mol. The molecule has 1 amide bonds. The maximum atomic E-state index is 12.9. The first-order valence-electron chi connectivity index (χ1n) is 10.6. The number of rotatable bonds is 6. The average Bonchev–Trinajstić information content (AvgIpc) is 2.75. The van der Waals surface area contributed by atoms with Crippen LogP contribution in [0, 0.1) is 23.2 Å². The van der Waals surface area contributed by atoms with E-state index in [1.54, 1.807) is 0 Å². The fraction of sp³-hybridized carbons (Fsp3) is 0.565. The second kappa shape index (κ2) is 8.32. The van der Waals surface area contributed by atoms with Crippen molar-refractivity contribution >= 4 is 29.5 Å². The van der Waals surface area contributed by atoms with Gasteiger partial charge in [-0.15, -0.1) is 0 Å². The molecule has 0 spiro atoms. The van der Waals surface area contributed by atoms with Crippen LogP contribution in [0.4, 0.5) is 5.69 Å². The van der Waals surface area contributed by atoms with E-state index >= 15 is 0 Å². The fourth-order valence-corrected chi connectivity index (χ4v) is 6.01. The number of nitrogens with one attached hydrogen (secondary N) is 1. The van der Waals surface area contributed by atoms with Crippen LogP contribution >= 0.6 is 0 Å². The molecule has 1 aromatic carbocycles. The molecule has 0 atom stereocenters. The molecule has 5 rings (SSSR count). The molecule has 4 fully saturated rings. The minimum Gasteiger partial charge on any atom is -0.465 e. The highest BCUT2D eigenvalue weighted by Crippen LogP contribution is 2.60. The molecular formula is C23H27NO7. The smallest absolute Gasteiger partial charge is 0.339 e. The molecule has 1 aromatic rings. The van der Waals surface area contributed by atoms with Gasteiger partial charge in [-0.25, -0.2) is 9.59 Å². The number of hydrogen-bond donors (Lipinski definition) is 1. The summed E-state index contributed by atoms with van der Waals surface area (Å²) in [7, 11) is 2.45. The Balaban J connectivity index is 1.42. The summed E-state index contributed by atoms with van der Waals surface area (Å²) in [6.45, 7) is -0.455. The molecule has 4 bridgehead atoms. The number of hydrogen-bond acceptors (Lipinski definition) is 7. The Bertz CT molecular complexity index is 887. The zero-order valence-electron chi connectivity index (χ0n) is 17.8. The second-order valence-electron chi connectivity index (χ2n) is 9.07. The Morgan fingerprint density at radius 2 is 1.52 bits per heavy atom. The summed E-state index contributed by atoms with van der Waals surface area (Å²) in [5.41, 5.74) is -0.116. The summed E-state index contributed by atoms with van der Waals surface area (Å²) in [5, 5.41) is 2.55. The average molecular weight is 429 g/mol. The van der Waals surface area contributed by atoms with Gasteiger partial charge in [0.2, 0.25) is 0 Å². The highest BCUT2D eigenvalue weighted by Gasteiger charge is 2.55. The van der Waals surface area contributed by atoms with Gasteiger partial charge < -0.3 is 19.5 Å². The number of benzene rings is 1. The zero-order chi connectivity index (χ0) is 22.2. The van der Waals surface area contributed by atoms with Crippen molar-refractivity contribution in [3.63, 3.8) is 0 Å². The van der Waals surface area contributed by atoms with Gasteiger partial charge in [-0.1, -0.05) is 0 Å². The highest BCUT2D eigenvalue weighted by molar-refractivity contribution is 6.04. The van der Waals surface area contributed by atoms with E-state index in [4.69, 9.17) is 9.47 Å². The molecule has 0 unspecified atom stereocenters. The lowest BCUT2D eigenvalue weighted by Gasteiger charge is -2.55. The maximum Gasteiger partial charge on any atom is 0.339 e. The van der Waals surface area contributed by atoms with Gasteiger partial charge in [-0.3, -0.25) is 9.59 Å². The van der Waals surface area contributed by atoms with Gasteiger partial charge in [0.15, 0.2) is 6.61 Å². The van der Waals surface area contributed by atoms with E-state index in [-0.39, 0.29) is 22.8 Å². The van der Waals surface area contributed by atoms with Gasteiger partial charge in [0.1, 0.15) is 0 Å². The number of methoxy groups -OCH3 is 2. The van der Waals surface area contributed by atoms with Crippen LogP contribution < -0.4 is 5.32 Å². The molecule has 4 saturated carbocycles. The van der Waals surface area contributed by atoms with Gasteiger partial charge in [0.05, 0.1) is 36.4 Å². The van der Waals surface area contributed by atoms with Crippen LogP contribution in [-0.2, 0) is 23.8 Å². The van der Waals surface area contributed by atoms with Crippen molar-refractivity contribution in [3.8, 4) is 0 Å². The molecule has 0 aliphatic heterocycles. The van der Waals surface area contributed by atoms with Crippen molar-refractivity contribution in [3.05, 3.63) is 29.3 Å². The first-order valence-corrected chi connectivity index (χ1v) is 10.6. The van der Waals surface area contributed by atoms with E-state index in [1.807, 2.05) is 0 Å². The van der Waals surface area contributed by atoms with Gasteiger partial charge in [0, 0.05) is 0 Å². The van der Waals surface area contributed by atoms with E-state index in [9.17, 15) is 19.2 Å². The summed E-state index contributed by atoms with van der Waals surface area (Å²) in [6.07, 6.45) is 6.19. The normalized spacial score (nSPS) is 28.0. The van der Waals surface area contributed by atoms with E-state index in [0.29, 0.717) is 17.8 Å². The minimum atomic E-state index is -0.669. The Hall–Kier alpha value is -2.90. The van der Waals surface area contributed by atoms with Crippen molar-refractivity contribution in [2.45, 2.75) is 38.5 Å². The van der Waals surface area contributed by atoms with Gasteiger partial charge in [0.25, 0.3) is 5.91 Å². The lowest BCUT2D eigenvalue weighted by atomic mass is 9.49. The quantitative estimate of drug-likeness (QED) is 0.547. The number of carbonyl (C=O) groups excluding carboxylic acids is 4. The molecule has 0 aromatic heterocycles. The predicted molar refractivity (Wildman–Crippen MR) is 109 cm³/mol. The predicted octanol–water partition coefficient (Wildman–Crippen LogP) is 2.96. The summed E-state index contributed by atoms with van der Waals surface area (Å²) in [6, 6.07) is 4.10. The first kappa shape index (κ1) is 21.3. The third kappa shape index (κ3) is 4.16. The number of carbonyl (C=O) groups is 4. The number of anilines is 1. The molecule has 8 nitrogen and oxygen atoms in total. The van der Waals surface area contributed by atoms with Gasteiger partial charge in [-0.05, 0) is 74.5 Å². The molecule has 4 aliphatic carbocycles. The van der Waals surface area contributed by atoms with Crippen LogP contribution in [0.5, 0.6) is 0 Å². The molecule has 0 radical (unpaired) electrons. The van der Waals surface area contributed by atoms with E-state index in [1.165, 1.54) is 51.7 Å². The lowest BCUT2D eigenvalue weighted by molar-refractivity contribution is -0.172. The summed E-state index contributed by atoms with van der Waals surface area (Å²) in [4.78, 5) is 49.2. The molecule has 0 heterocycles. The van der Waals surface area contributed by atoms with Crippen LogP contribution in [0.25, 0.3) is 0 Å². The number of esters is 3. The van der Waals surface area contributed by atoms with Crippen molar-refractivity contribution < 1.29 is 33.4 Å². The first-order chi connectivity index (χ1) is 14.8. The number of ether oxygens (including phenoxy) is 3. The Labute approximate surface area is 180 Å². The Morgan fingerprint density at radius 1 is 0.935 bits per heavy atom. The van der Waals surface area contributed by atoms with E-state index in [2.05, 4.69) is 10.1 Å². The van der Waals surface area contributed by atoms with E-state index < -0.39 is 29.9 Å². The lowest BCUT2D eigenvalue weighted by Crippen LogP contribution is -2.50. The fourth-order valence-electron chi connectivity index (χ4n) is 6.01. The largest absolute Gasteiger partial charge is 0.465 e. The summed E-state index contributed by atoms with van der Waals surface area (Å²) >= 11 is 0. The van der Waals surface area contributed by atoms with E-state index in [0.717, 1.165) is 19.3 Å². The molecule has 4 aliphatic rings. The van der Waals surface area contributed by atoms with Crippen molar-refractivity contribution in [2.75, 3.05) is 26.1 Å². The molecule has 31 heavy (non-hydrogen) atoms. The van der Waals surface area contributed by atoms with Crippen LogP contribution in [0.1, 0.15) is 59.2 Å². The van der Waals surface area contributed by atoms with Crippen LogP contribution in [0.3, 0.4) is 0 Å². The van der Waals surface area contributed by atoms with Crippen molar-refractivity contribution in [2.24, 2.45) is 23.2 Å². The van der Waals surface area contributed by atoms with Gasteiger partial charge >= 0.3 is 17.9 Å².